The van der Waals surface area contributed by atoms with Crippen LogP contribution in [0.25, 0.3) is 0 Å². The van der Waals surface area contributed by atoms with Gasteiger partial charge in [0.2, 0.25) is 0 Å². The summed E-state index contributed by atoms with van der Waals surface area (Å²) in [7, 11) is 0. The van der Waals surface area contributed by atoms with Gasteiger partial charge in [-0.1, -0.05) is 30.7 Å². The Morgan fingerprint density at radius 3 is 2.70 bits per heavy atom. The van der Waals surface area contributed by atoms with Gasteiger partial charge in [-0.25, -0.2) is 0 Å². The third-order valence-electron chi connectivity index (χ3n) is 4.55. The van der Waals surface area contributed by atoms with Crippen molar-refractivity contribution in [1.82, 2.24) is 10.2 Å². The molecule has 1 aliphatic rings. The molecule has 1 aliphatic heterocycles. The first-order chi connectivity index (χ1) is 11.2. The fraction of sp³-hybridized carbons (Fsp3) is 0.421. The molecule has 2 aromatic rings. The van der Waals surface area contributed by atoms with Crippen molar-refractivity contribution in [2.45, 2.75) is 45.3 Å². The van der Waals surface area contributed by atoms with Gasteiger partial charge in [-0.05, 0) is 49.6 Å². The molecule has 2 heterocycles. The number of piperidine rings is 1. The maximum atomic E-state index is 11.8. The van der Waals surface area contributed by atoms with Crippen LogP contribution in [0.15, 0.2) is 47.1 Å². The lowest BCUT2D eigenvalue weighted by Gasteiger charge is -2.33. The van der Waals surface area contributed by atoms with Crippen molar-refractivity contribution in [2.24, 2.45) is 0 Å². The highest BCUT2D eigenvalue weighted by molar-refractivity contribution is 5.91. The molecule has 1 aromatic carbocycles. The average Bonchev–Trinajstić information content (AvgIpc) is 3.11. The molecule has 1 unspecified atom stereocenters. The van der Waals surface area contributed by atoms with Crippen molar-refractivity contribution < 1.29 is 9.21 Å². The number of carbonyl (C=O) groups excluding carboxylic acids is 1. The number of rotatable bonds is 5. The summed E-state index contributed by atoms with van der Waals surface area (Å²) in [5.74, 6) is 0.168. The highest BCUT2D eigenvalue weighted by atomic mass is 16.3. The van der Waals surface area contributed by atoms with E-state index in [1.807, 2.05) is 0 Å². The normalized spacial score (nSPS) is 18.7. The minimum Gasteiger partial charge on any atom is -0.459 e. The number of hydrogen-bond acceptors (Lipinski definition) is 3. The van der Waals surface area contributed by atoms with Gasteiger partial charge < -0.3 is 9.73 Å². The molecule has 0 spiro atoms. The quantitative estimate of drug-likeness (QED) is 0.918. The van der Waals surface area contributed by atoms with E-state index in [-0.39, 0.29) is 5.91 Å². The smallest absolute Gasteiger partial charge is 0.287 e. The number of carbonyl (C=O) groups is 1. The molecule has 122 valence electrons. The predicted octanol–water partition coefficient (Wildman–Crippen LogP) is 3.58. The van der Waals surface area contributed by atoms with Crippen molar-refractivity contribution in [2.75, 3.05) is 6.54 Å². The largest absolute Gasteiger partial charge is 0.459 e. The van der Waals surface area contributed by atoms with Crippen molar-refractivity contribution in [3.63, 3.8) is 0 Å². The van der Waals surface area contributed by atoms with Crippen LogP contribution in [-0.4, -0.2) is 23.4 Å². The van der Waals surface area contributed by atoms with Crippen LogP contribution in [0, 0.1) is 0 Å². The average molecular weight is 312 g/mol. The molecule has 0 saturated carbocycles. The van der Waals surface area contributed by atoms with E-state index in [9.17, 15) is 4.79 Å². The van der Waals surface area contributed by atoms with E-state index in [1.54, 1.807) is 12.1 Å². The molecule has 1 N–H and O–H groups in total. The predicted molar refractivity (Wildman–Crippen MR) is 90.0 cm³/mol. The number of benzene rings is 1. The van der Waals surface area contributed by atoms with E-state index in [1.165, 1.54) is 37.6 Å². The molecule has 3 rings (SSSR count). The summed E-state index contributed by atoms with van der Waals surface area (Å²) in [4.78, 5) is 14.4. The highest BCUT2D eigenvalue weighted by Crippen LogP contribution is 2.19. The van der Waals surface area contributed by atoms with Crippen molar-refractivity contribution in [1.29, 1.82) is 0 Å². The Bertz CT molecular complexity index is 619. The summed E-state index contributed by atoms with van der Waals surface area (Å²) in [5, 5.41) is 2.87. The summed E-state index contributed by atoms with van der Waals surface area (Å²) in [6, 6.07) is 12.6. The standard InChI is InChI=1S/C19H24N2O2/c1-15-5-2-3-11-21(15)14-17-9-7-16(8-10-17)13-20-19(22)18-6-4-12-23-18/h4,6-10,12,15H,2-3,5,11,13-14H2,1H3,(H,20,22). The van der Waals surface area contributed by atoms with E-state index < -0.39 is 0 Å². The molecule has 4 heteroatoms. The number of amides is 1. The van der Waals surface area contributed by atoms with Crippen molar-refractivity contribution in [3.05, 3.63) is 59.5 Å². The Morgan fingerprint density at radius 1 is 1.22 bits per heavy atom. The van der Waals surface area contributed by atoms with Gasteiger partial charge in [0.05, 0.1) is 6.26 Å². The van der Waals surface area contributed by atoms with E-state index in [4.69, 9.17) is 4.42 Å². The Labute approximate surface area is 137 Å². The van der Waals surface area contributed by atoms with Crippen LogP contribution in [-0.2, 0) is 13.1 Å². The summed E-state index contributed by atoms with van der Waals surface area (Å²) in [6.45, 7) is 5.04. The monoisotopic (exact) mass is 312 g/mol. The second-order valence-corrected chi connectivity index (χ2v) is 6.29. The summed E-state index contributed by atoms with van der Waals surface area (Å²) < 4.78 is 5.08. The molecule has 4 nitrogen and oxygen atoms in total. The van der Waals surface area contributed by atoms with E-state index in [0.717, 1.165) is 12.1 Å². The fourth-order valence-electron chi connectivity index (χ4n) is 3.07. The number of likely N-dealkylation sites (tertiary alicyclic amines) is 1. The van der Waals surface area contributed by atoms with Gasteiger partial charge in [-0.3, -0.25) is 9.69 Å². The Morgan fingerprint density at radius 2 is 2.00 bits per heavy atom. The Balaban J connectivity index is 1.51. The molecule has 0 aliphatic carbocycles. The minimum atomic E-state index is -0.179. The zero-order valence-electron chi connectivity index (χ0n) is 13.6. The third kappa shape index (κ3) is 4.23. The second kappa shape index (κ2) is 7.47. The number of nitrogens with one attached hydrogen (secondary N) is 1. The lowest BCUT2D eigenvalue weighted by molar-refractivity contribution is 0.0923. The van der Waals surface area contributed by atoms with Crippen LogP contribution in [0.5, 0.6) is 0 Å². The third-order valence-corrected chi connectivity index (χ3v) is 4.55. The zero-order chi connectivity index (χ0) is 16.1. The summed E-state index contributed by atoms with van der Waals surface area (Å²) in [6.07, 6.45) is 5.47. The maximum absolute atomic E-state index is 11.8. The second-order valence-electron chi connectivity index (χ2n) is 6.29. The van der Waals surface area contributed by atoms with Crippen LogP contribution in [0.1, 0.15) is 47.9 Å². The maximum Gasteiger partial charge on any atom is 0.287 e. The van der Waals surface area contributed by atoms with Crippen LogP contribution < -0.4 is 5.32 Å². The highest BCUT2D eigenvalue weighted by Gasteiger charge is 2.17. The topological polar surface area (TPSA) is 45.5 Å². The zero-order valence-corrected chi connectivity index (χ0v) is 13.6. The van der Waals surface area contributed by atoms with Gasteiger partial charge in [0.15, 0.2) is 5.76 Å². The molecular formula is C19H24N2O2. The number of hydrogen-bond donors (Lipinski definition) is 1. The molecule has 0 radical (unpaired) electrons. The molecule has 1 amide bonds. The van der Waals surface area contributed by atoms with Crippen LogP contribution in [0.4, 0.5) is 0 Å². The minimum absolute atomic E-state index is 0.179. The lowest BCUT2D eigenvalue weighted by Crippen LogP contribution is -2.36. The molecule has 1 atom stereocenters. The summed E-state index contributed by atoms with van der Waals surface area (Å²) >= 11 is 0. The molecule has 1 saturated heterocycles. The Hall–Kier alpha value is -2.07. The first-order valence-electron chi connectivity index (χ1n) is 8.36. The van der Waals surface area contributed by atoms with Gasteiger partial charge in [-0.15, -0.1) is 0 Å². The Kier molecular flexibility index (Phi) is 5.13. The fourth-order valence-corrected chi connectivity index (χ4v) is 3.07. The van der Waals surface area contributed by atoms with Crippen molar-refractivity contribution >= 4 is 5.91 Å². The number of furan rings is 1. The molecule has 23 heavy (non-hydrogen) atoms. The van der Waals surface area contributed by atoms with Crippen molar-refractivity contribution in [3.8, 4) is 0 Å². The van der Waals surface area contributed by atoms with Crippen LogP contribution in [0.2, 0.25) is 0 Å². The van der Waals surface area contributed by atoms with Gasteiger partial charge in [0.1, 0.15) is 0 Å². The molecule has 1 fully saturated rings. The van der Waals surface area contributed by atoms with E-state index in [0.29, 0.717) is 18.3 Å². The van der Waals surface area contributed by atoms with Gasteiger partial charge in [0, 0.05) is 19.1 Å². The molecular weight excluding hydrogens is 288 g/mol. The van der Waals surface area contributed by atoms with E-state index >= 15 is 0 Å². The van der Waals surface area contributed by atoms with Gasteiger partial charge in [-0.2, -0.15) is 0 Å². The van der Waals surface area contributed by atoms with Gasteiger partial charge in [0.25, 0.3) is 5.91 Å². The lowest BCUT2D eigenvalue weighted by atomic mass is 10.0. The van der Waals surface area contributed by atoms with E-state index in [2.05, 4.69) is 41.4 Å². The first-order valence-corrected chi connectivity index (χ1v) is 8.36. The molecule has 0 bridgehead atoms. The molecule has 1 aromatic heterocycles. The van der Waals surface area contributed by atoms with Crippen LogP contribution >= 0.6 is 0 Å². The SMILES string of the molecule is CC1CCCCN1Cc1ccc(CNC(=O)c2ccco2)cc1. The van der Waals surface area contributed by atoms with Gasteiger partial charge >= 0.3 is 0 Å². The summed E-state index contributed by atoms with van der Waals surface area (Å²) in [5.41, 5.74) is 2.43. The number of nitrogens with zero attached hydrogens (tertiary/aromatic N) is 1. The first kappa shape index (κ1) is 15.8. The van der Waals surface area contributed by atoms with Crippen LogP contribution in [0.3, 0.4) is 0 Å².